The quantitative estimate of drug-likeness (QED) is 0.858. The van der Waals surface area contributed by atoms with Crippen molar-refractivity contribution in [1.82, 2.24) is 0 Å². The molecule has 19 heavy (non-hydrogen) atoms. The molecule has 2 rings (SSSR count). The van der Waals surface area contributed by atoms with E-state index in [1.54, 1.807) is 19.1 Å². The van der Waals surface area contributed by atoms with E-state index < -0.39 is 0 Å². The van der Waals surface area contributed by atoms with Crippen LogP contribution in [0.2, 0.25) is 0 Å². The molecule has 0 heterocycles. The van der Waals surface area contributed by atoms with E-state index in [9.17, 15) is 8.78 Å². The summed E-state index contributed by atoms with van der Waals surface area (Å²) in [6.45, 7) is 2.25. The van der Waals surface area contributed by atoms with Gasteiger partial charge in [0.25, 0.3) is 0 Å². The fourth-order valence-electron chi connectivity index (χ4n) is 2.01. The summed E-state index contributed by atoms with van der Waals surface area (Å²) in [5, 5.41) is 0. The van der Waals surface area contributed by atoms with Crippen LogP contribution in [0, 0.1) is 18.6 Å². The van der Waals surface area contributed by atoms with E-state index in [2.05, 4.69) is 0 Å². The van der Waals surface area contributed by atoms with Crippen LogP contribution in [-0.2, 0) is 6.54 Å². The van der Waals surface area contributed by atoms with Crippen LogP contribution in [0.15, 0.2) is 36.4 Å². The number of aryl methyl sites for hydroxylation is 1. The molecule has 0 aliphatic heterocycles. The molecule has 0 aromatic heterocycles. The zero-order chi connectivity index (χ0) is 14.0. The summed E-state index contributed by atoms with van der Waals surface area (Å²) in [6, 6.07) is 9.20. The molecule has 0 fully saturated rings. The minimum Gasteiger partial charge on any atom is -0.397 e. The number of anilines is 2. The van der Waals surface area contributed by atoms with Crippen molar-refractivity contribution in [3.63, 3.8) is 0 Å². The zero-order valence-corrected chi connectivity index (χ0v) is 11.0. The maximum absolute atomic E-state index is 13.2. The second-order valence-corrected chi connectivity index (χ2v) is 4.64. The molecule has 2 aromatic carbocycles. The minimum atomic E-state index is -0.327. The third kappa shape index (κ3) is 3.02. The Bertz CT molecular complexity index is 597. The first-order valence-electron chi connectivity index (χ1n) is 5.98. The van der Waals surface area contributed by atoms with Crippen molar-refractivity contribution < 1.29 is 8.78 Å². The third-order valence-corrected chi connectivity index (χ3v) is 3.05. The van der Waals surface area contributed by atoms with Crippen molar-refractivity contribution in [3.8, 4) is 0 Å². The monoisotopic (exact) mass is 262 g/mol. The third-order valence-electron chi connectivity index (χ3n) is 3.05. The highest BCUT2D eigenvalue weighted by atomic mass is 19.1. The number of nitrogen functional groups attached to an aromatic ring is 1. The van der Waals surface area contributed by atoms with Gasteiger partial charge in [-0.1, -0.05) is 12.1 Å². The van der Waals surface area contributed by atoms with Crippen molar-refractivity contribution in [2.45, 2.75) is 13.5 Å². The molecule has 100 valence electrons. The molecule has 0 saturated heterocycles. The molecule has 2 N–H and O–H groups in total. The summed E-state index contributed by atoms with van der Waals surface area (Å²) >= 11 is 0. The number of nitrogens with two attached hydrogens (primary N) is 1. The van der Waals surface area contributed by atoms with Gasteiger partial charge in [-0.2, -0.15) is 0 Å². The van der Waals surface area contributed by atoms with Crippen LogP contribution < -0.4 is 10.6 Å². The van der Waals surface area contributed by atoms with Gasteiger partial charge in [0.15, 0.2) is 0 Å². The Morgan fingerprint density at radius 3 is 2.53 bits per heavy atom. The lowest BCUT2D eigenvalue weighted by Gasteiger charge is -2.21. The predicted molar refractivity (Wildman–Crippen MR) is 74.1 cm³/mol. The Balaban J connectivity index is 2.22. The number of hydrogen-bond donors (Lipinski definition) is 1. The smallest absolute Gasteiger partial charge is 0.126 e. The van der Waals surface area contributed by atoms with E-state index in [0.29, 0.717) is 23.5 Å². The molecule has 0 unspecified atom stereocenters. The summed E-state index contributed by atoms with van der Waals surface area (Å²) in [5.74, 6) is -0.553. The number of benzene rings is 2. The van der Waals surface area contributed by atoms with E-state index >= 15 is 0 Å². The molecule has 2 nitrogen and oxygen atoms in total. The molecule has 0 radical (unpaired) electrons. The summed E-state index contributed by atoms with van der Waals surface area (Å²) in [5.41, 5.74) is 8.52. The van der Waals surface area contributed by atoms with Gasteiger partial charge in [-0.15, -0.1) is 0 Å². The van der Waals surface area contributed by atoms with Gasteiger partial charge in [0, 0.05) is 13.6 Å². The molecular weight excluding hydrogens is 246 g/mol. The van der Waals surface area contributed by atoms with Crippen LogP contribution in [-0.4, -0.2) is 7.05 Å². The molecule has 0 aliphatic rings. The number of nitrogens with zero attached hydrogens (tertiary/aromatic N) is 1. The highest BCUT2D eigenvalue weighted by molar-refractivity contribution is 5.67. The Labute approximate surface area is 111 Å². The standard InChI is InChI=1S/C15H16F2N2/c1-10-7-11(3-5-13(10)17)9-19(2)15-8-12(16)4-6-14(15)18/h3-8H,9,18H2,1-2H3. The molecule has 4 heteroatoms. The molecule has 2 aromatic rings. The van der Waals surface area contributed by atoms with Gasteiger partial charge in [-0.25, -0.2) is 8.78 Å². The van der Waals surface area contributed by atoms with E-state index in [1.165, 1.54) is 24.3 Å². The number of halogens is 2. The van der Waals surface area contributed by atoms with Gasteiger partial charge in [-0.3, -0.25) is 0 Å². The van der Waals surface area contributed by atoms with Crippen LogP contribution in [0.5, 0.6) is 0 Å². The van der Waals surface area contributed by atoms with Crippen molar-refractivity contribution in [3.05, 3.63) is 59.2 Å². The fraction of sp³-hybridized carbons (Fsp3) is 0.200. The summed E-state index contributed by atoms with van der Waals surface area (Å²) in [6.07, 6.45) is 0. The lowest BCUT2D eigenvalue weighted by Crippen LogP contribution is -2.18. The van der Waals surface area contributed by atoms with Crippen molar-refractivity contribution in [1.29, 1.82) is 0 Å². The first-order valence-corrected chi connectivity index (χ1v) is 5.98. The van der Waals surface area contributed by atoms with Crippen molar-refractivity contribution in [2.24, 2.45) is 0 Å². The van der Waals surface area contributed by atoms with Crippen LogP contribution in [0.25, 0.3) is 0 Å². The van der Waals surface area contributed by atoms with E-state index in [-0.39, 0.29) is 11.6 Å². The largest absolute Gasteiger partial charge is 0.397 e. The van der Waals surface area contributed by atoms with E-state index in [1.807, 2.05) is 11.9 Å². The van der Waals surface area contributed by atoms with Crippen molar-refractivity contribution >= 4 is 11.4 Å². The second-order valence-electron chi connectivity index (χ2n) is 4.64. The van der Waals surface area contributed by atoms with E-state index in [0.717, 1.165) is 5.56 Å². The van der Waals surface area contributed by atoms with Gasteiger partial charge in [-0.05, 0) is 42.3 Å². The van der Waals surface area contributed by atoms with Crippen LogP contribution in [0.1, 0.15) is 11.1 Å². The van der Waals surface area contributed by atoms with Gasteiger partial charge in [0.05, 0.1) is 11.4 Å². The minimum absolute atomic E-state index is 0.225. The first kappa shape index (κ1) is 13.3. The summed E-state index contributed by atoms with van der Waals surface area (Å²) in [4.78, 5) is 1.84. The molecule has 0 saturated carbocycles. The lowest BCUT2D eigenvalue weighted by molar-refractivity contribution is 0.617. The molecule has 0 spiro atoms. The lowest BCUT2D eigenvalue weighted by atomic mass is 10.1. The summed E-state index contributed by atoms with van der Waals surface area (Å²) in [7, 11) is 1.82. The number of rotatable bonds is 3. The maximum atomic E-state index is 13.2. The molecule has 0 amide bonds. The van der Waals surface area contributed by atoms with Gasteiger partial charge < -0.3 is 10.6 Å². The highest BCUT2D eigenvalue weighted by Gasteiger charge is 2.08. The highest BCUT2D eigenvalue weighted by Crippen LogP contribution is 2.24. The van der Waals surface area contributed by atoms with Gasteiger partial charge >= 0.3 is 0 Å². The fourth-order valence-corrected chi connectivity index (χ4v) is 2.01. The Hall–Kier alpha value is -2.10. The van der Waals surface area contributed by atoms with Crippen LogP contribution in [0.3, 0.4) is 0 Å². The maximum Gasteiger partial charge on any atom is 0.126 e. The first-order chi connectivity index (χ1) is 8.97. The second kappa shape index (κ2) is 5.26. The van der Waals surface area contributed by atoms with Gasteiger partial charge in [0.1, 0.15) is 11.6 Å². The van der Waals surface area contributed by atoms with Gasteiger partial charge in [0.2, 0.25) is 0 Å². The summed E-state index contributed by atoms with van der Waals surface area (Å²) < 4.78 is 26.4. The zero-order valence-electron chi connectivity index (χ0n) is 11.0. The molecule has 0 aliphatic carbocycles. The normalized spacial score (nSPS) is 10.5. The SMILES string of the molecule is Cc1cc(CN(C)c2cc(F)ccc2N)ccc1F. The molecule has 0 atom stereocenters. The predicted octanol–water partition coefficient (Wildman–Crippen LogP) is 3.49. The Kier molecular flexibility index (Phi) is 3.69. The van der Waals surface area contributed by atoms with Crippen LogP contribution >= 0.6 is 0 Å². The molecule has 0 bridgehead atoms. The van der Waals surface area contributed by atoms with E-state index in [4.69, 9.17) is 5.73 Å². The molecular formula is C15H16F2N2. The average Bonchev–Trinajstić information content (AvgIpc) is 2.36. The topological polar surface area (TPSA) is 29.3 Å². The average molecular weight is 262 g/mol. The van der Waals surface area contributed by atoms with Crippen molar-refractivity contribution in [2.75, 3.05) is 17.7 Å². The van der Waals surface area contributed by atoms with Crippen LogP contribution in [0.4, 0.5) is 20.2 Å². The Morgan fingerprint density at radius 2 is 1.84 bits per heavy atom. The Morgan fingerprint density at radius 1 is 1.11 bits per heavy atom. The number of hydrogen-bond acceptors (Lipinski definition) is 2.